The molecule has 2 N–H and O–H groups in total. The summed E-state index contributed by atoms with van der Waals surface area (Å²) in [7, 11) is -1.87. The van der Waals surface area contributed by atoms with Crippen molar-refractivity contribution in [2.45, 2.75) is 0 Å². The molecule has 7 heteroatoms. The number of nitrogens with one attached hydrogen (secondary N) is 2. The zero-order chi connectivity index (χ0) is 11.3. The summed E-state index contributed by atoms with van der Waals surface area (Å²) in [4.78, 5) is 3.38. The summed E-state index contributed by atoms with van der Waals surface area (Å²) in [5, 5.41) is 2.78. The highest BCUT2D eigenvalue weighted by Gasteiger charge is 2.05. The molecule has 0 atom stereocenters. The van der Waals surface area contributed by atoms with E-state index in [2.05, 4.69) is 15.0 Å². The van der Waals surface area contributed by atoms with Crippen molar-refractivity contribution in [1.82, 2.24) is 9.71 Å². The van der Waals surface area contributed by atoms with Gasteiger partial charge in [-0.05, 0) is 13.1 Å². The molecule has 0 aliphatic carbocycles. The number of pyridine rings is 1. The number of aromatic nitrogens is 1. The average Bonchev–Trinajstić information content (AvgIpc) is 2.18. The molecule has 5 nitrogen and oxygen atoms in total. The molecule has 0 amide bonds. The molecule has 0 bridgehead atoms. The van der Waals surface area contributed by atoms with Crippen LogP contribution in [0.25, 0.3) is 0 Å². The Morgan fingerprint density at radius 2 is 2.27 bits per heavy atom. The van der Waals surface area contributed by atoms with Crippen molar-refractivity contribution in [3.05, 3.63) is 24.3 Å². The quantitative estimate of drug-likeness (QED) is 0.712. The molecule has 0 saturated heterocycles. The van der Waals surface area contributed by atoms with Gasteiger partial charge in [-0.3, -0.25) is 0 Å². The summed E-state index contributed by atoms with van der Waals surface area (Å²) in [6, 6.07) is 2.76. The van der Waals surface area contributed by atoms with Crippen molar-refractivity contribution >= 4 is 15.7 Å². The normalized spacial score (nSPS) is 11.3. The highest BCUT2D eigenvalue weighted by Crippen LogP contribution is 2.05. The molecule has 15 heavy (non-hydrogen) atoms. The molecular weight excluding hydrogens is 221 g/mol. The van der Waals surface area contributed by atoms with Crippen LogP contribution >= 0.6 is 0 Å². The topological polar surface area (TPSA) is 71.1 Å². The van der Waals surface area contributed by atoms with Crippen LogP contribution in [0.2, 0.25) is 0 Å². The lowest BCUT2D eigenvalue weighted by Crippen LogP contribution is -2.26. The van der Waals surface area contributed by atoms with Crippen molar-refractivity contribution < 1.29 is 12.8 Å². The van der Waals surface area contributed by atoms with E-state index in [4.69, 9.17) is 0 Å². The van der Waals surface area contributed by atoms with Crippen LogP contribution in [0.1, 0.15) is 0 Å². The Kier molecular flexibility index (Phi) is 3.98. The minimum absolute atomic E-state index is 0.0621. The number of hydrogen-bond donors (Lipinski definition) is 2. The third-order valence-electron chi connectivity index (χ3n) is 1.74. The molecule has 84 valence electrons. The van der Waals surface area contributed by atoms with Crippen molar-refractivity contribution in [2.24, 2.45) is 0 Å². The number of anilines is 1. The Morgan fingerprint density at radius 1 is 1.53 bits per heavy atom. The summed E-state index contributed by atoms with van der Waals surface area (Å²) in [5.74, 6) is -0.663. The molecule has 1 heterocycles. The fraction of sp³-hybridized carbons (Fsp3) is 0.375. The van der Waals surface area contributed by atoms with E-state index < -0.39 is 16.0 Å². The van der Waals surface area contributed by atoms with Crippen LogP contribution in [0.3, 0.4) is 0 Å². The van der Waals surface area contributed by atoms with E-state index in [0.717, 1.165) is 0 Å². The van der Waals surface area contributed by atoms with E-state index >= 15 is 0 Å². The van der Waals surface area contributed by atoms with Crippen molar-refractivity contribution in [2.75, 3.05) is 24.7 Å². The van der Waals surface area contributed by atoms with Crippen molar-refractivity contribution in [3.63, 3.8) is 0 Å². The predicted molar refractivity (Wildman–Crippen MR) is 55.5 cm³/mol. The largest absolute Gasteiger partial charge is 0.384 e. The van der Waals surface area contributed by atoms with E-state index in [1.807, 2.05) is 0 Å². The smallest absolute Gasteiger partial charge is 0.214 e. The SMILES string of the molecule is CNS(=O)(=O)CCNc1ccnc(F)c1. The minimum atomic E-state index is -3.22. The highest BCUT2D eigenvalue weighted by atomic mass is 32.2. The molecule has 0 aromatic carbocycles. The first-order valence-electron chi connectivity index (χ1n) is 4.30. The highest BCUT2D eigenvalue weighted by molar-refractivity contribution is 7.89. The summed E-state index contributed by atoms with van der Waals surface area (Å²) in [6.07, 6.45) is 1.31. The van der Waals surface area contributed by atoms with Gasteiger partial charge in [-0.1, -0.05) is 0 Å². The summed E-state index contributed by atoms with van der Waals surface area (Å²) < 4.78 is 36.8. The van der Waals surface area contributed by atoms with Crippen LogP contribution in [0.4, 0.5) is 10.1 Å². The zero-order valence-electron chi connectivity index (χ0n) is 8.20. The van der Waals surface area contributed by atoms with Crippen LogP contribution in [-0.4, -0.2) is 32.7 Å². The first-order valence-corrected chi connectivity index (χ1v) is 5.95. The predicted octanol–water partition coefficient (Wildman–Crippen LogP) is 0.182. The lowest BCUT2D eigenvalue weighted by Gasteiger charge is -2.05. The first-order chi connectivity index (χ1) is 7.03. The van der Waals surface area contributed by atoms with Crippen LogP contribution in [-0.2, 0) is 10.0 Å². The number of halogens is 1. The van der Waals surface area contributed by atoms with E-state index in [-0.39, 0.29) is 12.3 Å². The second kappa shape index (κ2) is 5.04. The molecule has 0 radical (unpaired) electrons. The molecule has 0 unspecified atom stereocenters. The van der Waals surface area contributed by atoms with Gasteiger partial charge in [-0.2, -0.15) is 4.39 Å². The van der Waals surface area contributed by atoms with Gasteiger partial charge in [-0.15, -0.1) is 0 Å². The van der Waals surface area contributed by atoms with Crippen LogP contribution in [0.15, 0.2) is 18.3 Å². The van der Waals surface area contributed by atoms with E-state index in [0.29, 0.717) is 5.69 Å². The maximum absolute atomic E-state index is 12.6. The molecule has 0 spiro atoms. The lowest BCUT2D eigenvalue weighted by atomic mass is 10.4. The monoisotopic (exact) mass is 233 g/mol. The standard InChI is InChI=1S/C8H12FN3O2S/c1-10-15(13,14)5-4-11-7-2-3-12-8(9)6-7/h2-3,6,10H,4-5H2,1H3,(H,11,12). The summed E-state index contributed by atoms with van der Waals surface area (Å²) in [5.41, 5.74) is 0.508. The first kappa shape index (κ1) is 11.9. The van der Waals surface area contributed by atoms with Gasteiger partial charge in [0.2, 0.25) is 16.0 Å². The Balaban J connectivity index is 2.45. The second-order valence-corrected chi connectivity index (χ2v) is 4.86. The van der Waals surface area contributed by atoms with Gasteiger partial charge in [0.05, 0.1) is 5.75 Å². The van der Waals surface area contributed by atoms with E-state index in [1.54, 1.807) is 6.07 Å². The maximum Gasteiger partial charge on any atom is 0.214 e. The minimum Gasteiger partial charge on any atom is -0.384 e. The second-order valence-electron chi connectivity index (χ2n) is 2.82. The molecule has 0 fully saturated rings. The fourth-order valence-electron chi connectivity index (χ4n) is 0.944. The zero-order valence-corrected chi connectivity index (χ0v) is 9.01. The molecule has 0 aliphatic rings. The molecule has 1 aromatic heterocycles. The van der Waals surface area contributed by atoms with Crippen LogP contribution in [0, 0.1) is 5.95 Å². The molecule has 0 saturated carbocycles. The van der Waals surface area contributed by atoms with Gasteiger partial charge in [-0.25, -0.2) is 18.1 Å². The number of sulfonamides is 1. The van der Waals surface area contributed by atoms with Crippen LogP contribution in [0.5, 0.6) is 0 Å². The number of rotatable bonds is 5. The van der Waals surface area contributed by atoms with Gasteiger partial charge in [0.1, 0.15) is 0 Å². The Labute approximate surface area is 87.8 Å². The Morgan fingerprint density at radius 3 is 2.87 bits per heavy atom. The number of hydrogen-bond acceptors (Lipinski definition) is 4. The Bertz CT molecular complexity index is 422. The summed E-state index contributed by atoms with van der Waals surface area (Å²) in [6.45, 7) is 0.215. The average molecular weight is 233 g/mol. The third-order valence-corrected chi connectivity index (χ3v) is 3.10. The van der Waals surface area contributed by atoms with Gasteiger partial charge < -0.3 is 5.32 Å². The van der Waals surface area contributed by atoms with Crippen molar-refractivity contribution in [3.8, 4) is 0 Å². The van der Waals surface area contributed by atoms with Gasteiger partial charge in [0.15, 0.2) is 0 Å². The maximum atomic E-state index is 12.6. The molecular formula is C8H12FN3O2S. The van der Waals surface area contributed by atoms with Gasteiger partial charge in [0.25, 0.3) is 0 Å². The van der Waals surface area contributed by atoms with E-state index in [1.165, 1.54) is 19.3 Å². The molecule has 1 aromatic rings. The fourth-order valence-corrected chi connectivity index (χ4v) is 1.52. The summed E-state index contributed by atoms with van der Waals surface area (Å²) >= 11 is 0. The van der Waals surface area contributed by atoms with Crippen LogP contribution < -0.4 is 10.0 Å². The Hall–Kier alpha value is -1.21. The van der Waals surface area contributed by atoms with E-state index in [9.17, 15) is 12.8 Å². The molecule has 0 aliphatic heterocycles. The van der Waals surface area contributed by atoms with Crippen molar-refractivity contribution in [1.29, 1.82) is 0 Å². The third kappa shape index (κ3) is 4.22. The van der Waals surface area contributed by atoms with Gasteiger partial charge >= 0.3 is 0 Å². The lowest BCUT2D eigenvalue weighted by molar-refractivity contribution is 0.584. The molecule has 1 rings (SSSR count). The number of nitrogens with zero attached hydrogens (tertiary/aromatic N) is 1. The van der Waals surface area contributed by atoms with Gasteiger partial charge in [0, 0.05) is 24.5 Å².